The highest BCUT2D eigenvalue weighted by Gasteiger charge is 2.31. The molecule has 0 spiro atoms. The number of piperazine rings is 1. The maximum Gasteiger partial charge on any atom is 0.251 e. The van der Waals surface area contributed by atoms with Crippen molar-refractivity contribution >= 4 is 23.2 Å². The Kier molecular flexibility index (Phi) is 3.92. The molecule has 2 saturated heterocycles. The molecule has 1 aromatic rings. The molecular formula is C18H23N3O3. The van der Waals surface area contributed by atoms with Gasteiger partial charge < -0.3 is 19.4 Å². The van der Waals surface area contributed by atoms with E-state index >= 15 is 0 Å². The number of ether oxygens (including phenoxy) is 1. The topological polar surface area (TPSA) is 53.1 Å². The number of carbonyl (C=O) groups excluding carboxylic acids is 2. The van der Waals surface area contributed by atoms with Crippen LogP contribution in [0.25, 0.3) is 0 Å². The smallest absolute Gasteiger partial charge is 0.251 e. The summed E-state index contributed by atoms with van der Waals surface area (Å²) in [5.74, 6) is 0.294. The first-order chi connectivity index (χ1) is 11.6. The Morgan fingerprint density at radius 1 is 1.21 bits per heavy atom. The summed E-state index contributed by atoms with van der Waals surface area (Å²) in [6, 6.07) is 6.22. The summed E-state index contributed by atoms with van der Waals surface area (Å²) in [6.45, 7) is 3.81. The number of rotatable bonds is 2. The molecule has 6 heteroatoms. The van der Waals surface area contributed by atoms with Crippen molar-refractivity contribution in [2.24, 2.45) is 0 Å². The molecule has 0 radical (unpaired) electrons. The van der Waals surface area contributed by atoms with E-state index in [0.717, 1.165) is 56.0 Å². The van der Waals surface area contributed by atoms with Gasteiger partial charge in [0.2, 0.25) is 5.91 Å². The Balaban J connectivity index is 1.40. The van der Waals surface area contributed by atoms with E-state index in [4.69, 9.17) is 4.74 Å². The van der Waals surface area contributed by atoms with E-state index in [9.17, 15) is 9.59 Å². The highest BCUT2D eigenvalue weighted by atomic mass is 16.5. The Morgan fingerprint density at radius 2 is 2.00 bits per heavy atom. The van der Waals surface area contributed by atoms with Crippen LogP contribution < -0.4 is 9.80 Å². The van der Waals surface area contributed by atoms with Crippen molar-refractivity contribution in [2.75, 3.05) is 49.6 Å². The van der Waals surface area contributed by atoms with Crippen LogP contribution in [0.3, 0.4) is 0 Å². The fourth-order valence-corrected chi connectivity index (χ4v) is 3.81. The summed E-state index contributed by atoms with van der Waals surface area (Å²) >= 11 is 0. The number of hydrogen-bond donors (Lipinski definition) is 0. The number of benzene rings is 1. The van der Waals surface area contributed by atoms with Crippen molar-refractivity contribution in [3.05, 3.63) is 23.8 Å². The molecule has 0 saturated carbocycles. The summed E-state index contributed by atoms with van der Waals surface area (Å²) in [4.78, 5) is 30.2. The van der Waals surface area contributed by atoms with Gasteiger partial charge in [0, 0.05) is 51.2 Å². The predicted molar refractivity (Wildman–Crippen MR) is 91.3 cm³/mol. The van der Waals surface area contributed by atoms with Crippen molar-refractivity contribution in [2.45, 2.75) is 25.4 Å². The van der Waals surface area contributed by atoms with Crippen LogP contribution in [0.5, 0.6) is 0 Å². The summed E-state index contributed by atoms with van der Waals surface area (Å²) in [5, 5.41) is 0. The number of fused-ring (bicyclic) bond motifs is 1. The molecule has 0 N–H and O–H groups in total. The van der Waals surface area contributed by atoms with Crippen LogP contribution in [0.4, 0.5) is 11.4 Å². The largest absolute Gasteiger partial charge is 0.368 e. The van der Waals surface area contributed by atoms with Gasteiger partial charge in [-0.2, -0.15) is 0 Å². The first kappa shape index (κ1) is 15.4. The zero-order chi connectivity index (χ0) is 16.7. The highest BCUT2D eigenvalue weighted by Crippen LogP contribution is 2.31. The van der Waals surface area contributed by atoms with E-state index in [1.165, 1.54) is 0 Å². The SMILES string of the molecule is CN1C(=O)Cc2cc(N3CCN(C(=O)C4CCCO4)CC3)ccc21. The lowest BCUT2D eigenvalue weighted by Crippen LogP contribution is -2.51. The second-order valence-corrected chi connectivity index (χ2v) is 6.76. The van der Waals surface area contributed by atoms with Gasteiger partial charge >= 0.3 is 0 Å². The van der Waals surface area contributed by atoms with Gasteiger partial charge in [-0.1, -0.05) is 0 Å². The van der Waals surface area contributed by atoms with Crippen molar-refractivity contribution in [1.82, 2.24) is 4.90 Å². The maximum absolute atomic E-state index is 12.4. The minimum Gasteiger partial charge on any atom is -0.368 e. The average molecular weight is 329 g/mol. The Morgan fingerprint density at radius 3 is 2.71 bits per heavy atom. The van der Waals surface area contributed by atoms with E-state index < -0.39 is 0 Å². The molecule has 3 aliphatic heterocycles. The molecule has 6 nitrogen and oxygen atoms in total. The molecule has 0 aromatic heterocycles. The van der Waals surface area contributed by atoms with Gasteiger partial charge in [-0.05, 0) is 36.6 Å². The van der Waals surface area contributed by atoms with Crippen molar-refractivity contribution in [3.63, 3.8) is 0 Å². The van der Waals surface area contributed by atoms with Gasteiger partial charge in [0.15, 0.2) is 0 Å². The molecule has 1 atom stereocenters. The zero-order valence-electron chi connectivity index (χ0n) is 14.0. The fraction of sp³-hybridized carbons (Fsp3) is 0.556. The summed E-state index contributed by atoms with van der Waals surface area (Å²) in [5.41, 5.74) is 3.25. The molecule has 4 rings (SSSR count). The molecule has 3 aliphatic rings. The molecule has 128 valence electrons. The molecular weight excluding hydrogens is 306 g/mol. The normalized spacial score (nSPS) is 23.8. The van der Waals surface area contributed by atoms with Crippen molar-refractivity contribution < 1.29 is 14.3 Å². The number of carbonyl (C=O) groups is 2. The van der Waals surface area contributed by atoms with Crippen LogP contribution in [0.1, 0.15) is 18.4 Å². The summed E-state index contributed by atoms with van der Waals surface area (Å²) in [6.07, 6.45) is 2.10. The molecule has 0 bridgehead atoms. The molecule has 3 heterocycles. The van der Waals surface area contributed by atoms with Gasteiger partial charge in [0.05, 0.1) is 6.42 Å². The molecule has 2 fully saturated rings. The van der Waals surface area contributed by atoms with Crippen molar-refractivity contribution in [3.8, 4) is 0 Å². The van der Waals surface area contributed by atoms with Crippen LogP contribution in [-0.2, 0) is 20.7 Å². The monoisotopic (exact) mass is 329 g/mol. The zero-order valence-corrected chi connectivity index (χ0v) is 14.0. The van der Waals surface area contributed by atoms with Gasteiger partial charge in [0.1, 0.15) is 6.10 Å². The first-order valence-electron chi connectivity index (χ1n) is 8.68. The Labute approximate surface area is 142 Å². The van der Waals surface area contributed by atoms with Crippen LogP contribution in [0.15, 0.2) is 18.2 Å². The lowest BCUT2D eigenvalue weighted by molar-refractivity contribution is -0.141. The maximum atomic E-state index is 12.4. The van der Waals surface area contributed by atoms with E-state index in [1.54, 1.807) is 4.90 Å². The van der Waals surface area contributed by atoms with E-state index in [1.807, 2.05) is 18.0 Å². The van der Waals surface area contributed by atoms with Crippen LogP contribution in [0, 0.1) is 0 Å². The van der Waals surface area contributed by atoms with Crippen LogP contribution in [0.2, 0.25) is 0 Å². The Bertz CT molecular complexity index is 661. The molecule has 1 aromatic carbocycles. The summed E-state index contributed by atoms with van der Waals surface area (Å²) in [7, 11) is 1.82. The fourth-order valence-electron chi connectivity index (χ4n) is 3.81. The molecule has 0 aliphatic carbocycles. The van der Waals surface area contributed by atoms with Crippen LogP contribution >= 0.6 is 0 Å². The summed E-state index contributed by atoms with van der Waals surface area (Å²) < 4.78 is 5.51. The van der Waals surface area contributed by atoms with Gasteiger partial charge in [-0.25, -0.2) is 0 Å². The lowest BCUT2D eigenvalue weighted by Gasteiger charge is -2.37. The quantitative estimate of drug-likeness (QED) is 0.813. The van der Waals surface area contributed by atoms with Gasteiger partial charge in [-0.3, -0.25) is 9.59 Å². The van der Waals surface area contributed by atoms with Crippen LogP contribution in [-0.4, -0.2) is 62.7 Å². The predicted octanol–water partition coefficient (Wildman–Crippen LogP) is 1.03. The Hall–Kier alpha value is -2.08. The number of anilines is 2. The second kappa shape index (κ2) is 6.09. The second-order valence-electron chi connectivity index (χ2n) is 6.76. The standard InChI is InChI=1S/C18H23N3O3/c1-19-15-5-4-14(11-13(15)12-17(19)22)20-6-8-21(9-7-20)18(23)16-3-2-10-24-16/h4-5,11,16H,2-3,6-10,12H2,1H3. The molecule has 2 amide bonds. The van der Waals surface area contributed by atoms with Crippen molar-refractivity contribution in [1.29, 1.82) is 0 Å². The number of likely N-dealkylation sites (N-methyl/N-ethyl adjacent to an activating group) is 1. The van der Waals surface area contributed by atoms with E-state index in [-0.39, 0.29) is 17.9 Å². The number of hydrogen-bond acceptors (Lipinski definition) is 4. The third kappa shape index (κ3) is 2.65. The number of nitrogens with zero attached hydrogens (tertiary/aromatic N) is 3. The lowest BCUT2D eigenvalue weighted by atomic mass is 10.1. The molecule has 1 unspecified atom stereocenters. The van der Waals surface area contributed by atoms with Gasteiger partial charge in [0.25, 0.3) is 5.91 Å². The first-order valence-corrected chi connectivity index (χ1v) is 8.68. The minimum absolute atomic E-state index is 0.147. The highest BCUT2D eigenvalue weighted by molar-refractivity contribution is 6.01. The third-order valence-corrected chi connectivity index (χ3v) is 5.30. The average Bonchev–Trinajstić information content (AvgIpc) is 3.23. The van der Waals surface area contributed by atoms with E-state index in [0.29, 0.717) is 13.0 Å². The van der Waals surface area contributed by atoms with Gasteiger partial charge in [-0.15, -0.1) is 0 Å². The molecule has 24 heavy (non-hydrogen) atoms. The third-order valence-electron chi connectivity index (χ3n) is 5.30. The van der Waals surface area contributed by atoms with E-state index in [2.05, 4.69) is 17.0 Å². The number of amides is 2. The minimum atomic E-state index is -0.224.